The van der Waals surface area contributed by atoms with Gasteiger partial charge in [-0.1, -0.05) is 12.1 Å². The number of nitrogens with one attached hydrogen (secondary N) is 1. The average Bonchev–Trinajstić information content (AvgIpc) is 2.99. The van der Waals surface area contributed by atoms with Crippen LogP contribution in [0.3, 0.4) is 0 Å². The van der Waals surface area contributed by atoms with Gasteiger partial charge in [0, 0.05) is 28.8 Å². The molecular weight excluding hydrogens is 404 g/mol. The second-order valence-corrected chi connectivity index (χ2v) is 7.22. The summed E-state index contributed by atoms with van der Waals surface area (Å²) in [6.07, 6.45) is 6.26. The van der Waals surface area contributed by atoms with E-state index in [1.807, 2.05) is 61.7 Å². The van der Waals surface area contributed by atoms with E-state index in [1.165, 1.54) is 11.1 Å². The Morgan fingerprint density at radius 2 is 1.74 bits per heavy atom. The molecule has 0 radical (unpaired) electrons. The molecule has 1 amide bonds. The van der Waals surface area contributed by atoms with Crippen LogP contribution in [0.5, 0.6) is 0 Å². The zero-order valence-electron chi connectivity index (χ0n) is 14.7. The van der Waals surface area contributed by atoms with Crippen LogP contribution in [0.2, 0.25) is 0 Å². The minimum absolute atomic E-state index is 0.181. The van der Waals surface area contributed by atoms with Crippen LogP contribution >= 0.6 is 15.9 Å². The van der Waals surface area contributed by atoms with Crippen LogP contribution in [0.1, 0.15) is 27.3 Å². The maximum Gasteiger partial charge on any atom is 0.274 e. The lowest BCUT2D eigenvalue weighted by Crippen LogP contribution is -2.15. The van der Waals surface area contributed by atoms with Crippen molar-refractivity contribution in [3.05, 3.63) is 94.1 Å². The Labute approximate surface area is 165 Å². The van der Waals surface area contributed by atoms with E-state index in [2.05, 4.69) is 31.2 Å². The number of nitrogens with zero attached hydrogens (tertiary/aromatic N) is 3. The highest BCUT2D eigenvalue weighted by molar-refractivity contribution is 9.10. The van der Waals surface area contributed by atoms with Gasteiger partial charge in [-0.25, -0.2) is 4.98 Å². The van der Waals surface area contributed by atoms with Crippen molar-refractivity contribution in [2.24, 2.45) is 0 Å². The summed E-state index contributed by atoms with van der Waals surface area (Å²) >= 11 is 3.44. The van der Waals surface area contributed by atoms with Crippen molar-refractivity contribution in [3.8, 4) is 0 Å². The first-order chi connectivity index (χ1) is 13.1. The largest absolute Gasteiger partial charge is 0.321 e. The van der Waals surface area contributed by atoms with E-state index in [4.69, 9.17) is 0 Å². The fourth-order valence-corrected chi connectivity index (χ4v) is 3.38. The molecule has 27 heavy (non-hydrogen) atoms. The molecule has 0 atom stereocenters. The maximum absolute atomic E-state index is 12.8. The molecule has 3 heterocycles. The molecule has 4 rings (SSSR count). The third-order valence-corrected chi connectivity index (χ3v) is 4.81. The van der Waals surface area contributed by atoms with Crippen molar-refractivity contribution < 1.29 is 4.79 Å². The molecule has 0 bridgehead atoms. The van der Waals surface area contributed by atoms with Gasteiger partial charge in [-0.05, 0) is 76.8 Å². The summed E-state index contributed by atoms with van der Waals surface area (Å²) in [5.74, 6) is -0.181. The van der Waals surface area contributed by atoms with Crippen molar-refractivity contribution in [1.29, 1.82) is 0 Å². The van der Waals surface area contributed by atoms with E-state index >= 15 is 0 Å². The second kappa shape index (κ2) is 7.32. The van der Waals surface area contributed by atoms with Gasteiger partial charge in [-0.15, -0.1) is 0 Å². The lowest BCUT2D eigenvalue weighted by Gasteiger charge is -2.08. The SMILES string of the molecule is Cc1nc2ccc(Br)cn2c1C(=O)Nc1ccc(Cc2ccncc2)cc1. The number of aromatic nitrogens is 3. The Morgan fingerprint density at radius 3 is 2.48 bits per heavy atom. The molecule has 0 saturated carbocycles. The highest BCUT2D eigenvalue weighted by Gasteiger charge is 2.17. The van der Waals surface area contributed by atoms with Crippen LogP contribution in [0, 0.1) is 6.92 Å². The molecule has 0 fully saturated rings. The number of halogens is 1. The van der Waals surface area contributed by atoms with Crippen LogP contribution in [-0.4, -0.2) is 20.3 Å². The molecule has 0 aliphatic rings. The Morgan fingerprint density at radius 1 is 1.04 bits per heavy atom. The number of hydrogen-bond donors (Lipinski definition) is 1. The number of amides is 1. The summed E-state index contributed by atoms with van der Waals surface area (Å²) < 4.78 is 2.69. The average molecular weight is 421 g/mol. The Balaban J connectivity index is 1.53. The Kier molecular flexibility index (Phi) is 4.73. The summed E-state index contributed by atoms with van der Waals surface area (Å²) in [6.45, 7) is 1.84. The second-order valence-electron chi connectivity index (χ2n) is 6.30. The smallest absolute Gasteiger partial charge is 0.274 e. The molecule has 0 unspecified atom stereocenters. The summed E-state index contributed by atoms with van der Waals surface area (Å²) in [7, 11) is 0. The normalized spacial score (nSPS) is 10.9. The van der Waals surface area contributed by atoms with E-state index in [1.54, 1.807) is 16.8 Å². The van der Waals surface area contributed by atoms with Crippen molar-refractivity contribution in [3.63, 3.8) is 0 Å². The van der Waals surface area contributed by atoms with E-state index in [-0.39, 0.29) is 5.91 Å². The third kappa shape index (κ3) is 3.75. The first kappa shape index (κ1) is 17.4. The molecule has 1 aromatic carbocycles. The molecule has 6 heteroatoms. The number of imidazole rings is 1. The van der Waals surface area contributed by atoms with E-state index in [0.29, 0.717) is 11.4 Å². The number of benzene rings is 1. The van der Waals surface area contributed by atoms with Crippen molar-refractivity contribution >= 4 is 33.2 Å². The summed E-state index contributed by atoms with van der Waals surface area (Å²) in [4.78, 5) is 21.3. The summed E-state index contributed by atoms with van der Waals surface area (Å²) in [5.41, 5.74) is 5.10. The number of anilines is 1. The number of carbonyl (C=O) groups is 1. The van der Waals surface area contributed by atoms with Crippen LogP contribution in [0.15, 0.2) is 71.6 Å². The van der Waals surface area contributed by atoms with Gasteiger partial charge in [0.15, 0.2) is 0 Å². The highest BCUT2D eigenvalue weighted by atomic mass is 79.9. The fourth-order valence-electron chi connectivity index (χ4n) is 3.04. The van der Waals surface area contributed by atoms with Gasteiger partial charge in [0.2, 0.25) is 0 Å². The number of rotatable bonds is 4. The molecule has 0 saturated heterocycles. The molecule has 0 aliphatic carbocycles. The predicted octanol–water partition coefficient (Wildman–Crippen LogP) is 4.64. The highest BCUT2D eigenvalue weighted by Crippen LogP contribution is 2.19. The molecule has 0 aliphatic heterocycles. The summed E-state index contributed by atoms with van der Waals surface area (Å²) in [5, 5.41) is 2.96. The van der Waals surface area contributed by atoms with Gasteiger partial charge in [0.05, 0.1) is 5.69 Å². The van der Waals surface area contributed by atoms with Gasteiger partial charge < -0.3 is 5.32 Å². The molecular formula is C21H17BrN4O. The summed E-state index contributed by atoms with van der Waals surface area (Å²) in [6, 6.07) is 15.7. The molecule has 5 nitrogen and oxygen atoms in total. The maximum atomic E-state index is 12.8. The van der Waals surface area contributed by atoms with Crippen LogP contribution in [-0.2, 0) is 6.42 Å². The van der Waals surface area contributed by atoms with Gasteiger partial charge in [-0.2, -0.15) is 0 Å². The van der Waals surface area contributed by atoms with Gasteiger partial charge >= 0.3 is 0 Å². The van der Waals surface area contributed by atoms with Crippen LogP contribution in [0.25, 0.3) is 5.65 Å². The van der Waals surface area contributed by atoms with E-state index in [0.717, 1.165) is 22.2 Å². The minimum Gasteiger partial charge on any atom is -0.321 e. The fraction of sp³-hybridized carbons (Fsp3) is 0.0952. The number of carbonyl (C=O) groups excluding carboxylic acids is 1. The zero-order chi connectivity index (χ0) is 18.8. The zero-order valence-corrected chi connectivity index (χ0v) is 16.3. The first-order valence-electron chi connectivity index (χ1n) is 8.53. The Hall–Kier alpha value is -2.99. The topological polar surface area (TPSA) is 59.3 Å². The number of hydrogen-bond acceptors (Lipinski definition) is 3. The van der Waals surface area contributed by atoms with E-state index in [9.17, 15) is 4.79 Å². The number of pyridine rings is 2. The van der Waals surface area contributed by atoms with Crippen molar-refractivity contribution in [1.82, 2.24) is 14.4 Å². The van der Waals surface area contributed by atoms with Crippen LogP contribution < -0.4 is 5.32 Å². The number of fused-ring (bicyclic) bond motifs is 1. The first-order valence-corrected chi connectivity index (χ1v) is 9.33. The standard InChI is InChI=1S/C21H17BrN4O/c1-14-20(26-13-17(22)4-7-19(26)24-14)21(27)25-18-5-2-15(3-6-18)12-16-8-10-23-11-9-16/h2-11,13H,12H2,1H3,(H,25,27). The molecule has 3 aromatic heterocycles. The van der Waals surface area contributed by atoms with Crippen molar-refractivity contribution in [2.75, 3.05) is 5.32 Å². The lowest BCUT2D eigenvalue weighted by atomic mass is 10.1. The van der Waals surface area contributed by atoms with E-state index < -0.39 is 0 Å². The third-order valence-electron chi connectivity index (χ3n) is 4.34. The molecule has 134 valence electrons. The van der Waals surface area contributed by atoms with Crippen LogP contribution in [0.4, 0.5) is 5.69 Å². The predicted molar refractivity (Wildman–Crippen MR) is 109 cm³/mol. The van der Waals surface area contributed by atoms with Gasteiger partial charge in [-0.3, -0.25) is 14.2 Å². The molecule has 0 spiro atoms. The minimum atomic E-state index is -0.181. The Bertz CT molecular complexity index is 1100. The molecule has 1 N–H and O–H groups in total. The van der Waals surface area contributed by atoms with Crippen molar-refractivity contribution in [2.45, 2.75) is 13.3 Å². The monoisotopic (exact) mass is 420 g/mol. The lowest BCUT2D eigenvalue weighted by molar-refractivity contribution is 0.102. The molecule has 4 aromatic rings. The van der Waals surface area contributed by atoms with Gasteiger partial charge in [0.1, 0.15) is 11.3 Å². The van der Waals surface area contributed by atoms with Gasteiger partial charge in [0.25, 0.3) is 5.91 Å². The number of aryl methyl sites for hydroxylation is 1. The quantitative estimate of drug-likeness (QED) is 0.522.